The van der Waals surface area contributed by atoms with Crippen LogP contribution in [0.3, 0.4) is 0 Å². The van der Waals surface area contributed by atoms with Gasteiger partial charge in [0.2, 0.25) is 11.5 Å². The maximum absolute atomic E-state index is 12.0. The van der Waals surface area contributed by atoms with Gasteiger partial charge in [0.25, 0.3) is 0 Å². The van der Waals surface area contributed by atoms with Gasteiger partial charge in [0.05, 0.1) is 0 Å². The quantitative estimate of drug-likeness (QED) is 0.704. The molecule has 0 radical (unpaired) electrons. The number of hydrazone groups is 1. The molecular weight excluding hydrogens is 194 g/mol. The third-order valence-electron chi connectivity index (χ3n) is 2.45. The Morgan fingerprint density at radius 3 is 3.00 bits per heavy atom. The molecule has 0 bridgehead atoms. The Bertz CT molecular complexity index is 404. The molecule has 0 aliphatic carbocycles. The Kier molecular flexibility index (Phi) is 2.24. The number of nitrogens with zero attached hydrogens (tertiary/aromatic N) is 3. The van der Waals surface area contributed by atoms with E-state index in [1.807, 2.05) is 0 Å². The number of likely N-dealkylation sites (N-methyl/N-ethyl adjacent to an activating group) is 1. The lowest BCUT2D eigenvalue weighted by Crippen LogP contribution is -2.47. The number of Topliss-reactive ketones (excluding diaryl/α,β-unsaturated/α-hetero) is 1. The summed E-state index contributed by atoms with van der Waals surface area (Å²) in [5.41, 5.74) is -1.17. The van der Waals surface area contributed by atoms with Crippen molar-refractivity contribution in [2.24, 2.45) is 5.10 Å². The van der Waals surface area contributed by atoms with Crippen LogP contribution in [0.4, 0.5) is 0 Å². The second-order valence-corrected chi connectivity index (χ2v) is 3.41. The van der Waals surface area contributed by atoms with Crippen LogP contribution in [0.15, 0.2) is 29.6 Å². The molecule has 2 heterocycles. The Morgan fingerprint density at radius 2 is 2.47 bits per heavy atom. The van der Waals surface area contributed by atoms with E-state index < -0.39 is 5.72 Å². The Balaban J connectivity index is 2.30. The van der Waals surface area contributed by atoms with E-state index in [9.17, 15) is 9.90 Å². The second-order valence-electron chi connectivity index (χ2n) is 3.41. The van der Waals surface area contributed by atoms with Crippen molar-refractivity contribution in [2.45, 2.75) is 12.1 Å². The maximum atomic E-state index is 12.0. The molecule has 0 fully saturated rings. The zero-order chi connectivity index (χ0) is 10.9. The van der Waals surface area contributed by atoms with Crippen LogP contribution in [0.5, 0.6) is 0 Å². The molecule has 1 aromatic heterocycles. The summed E-state index contributed by atoms with van der Waals surface area (Å²) < 4.78 is 0. The fraction of sp³-hybridized carbons (Fsp3) is 0.300. The van der Waals surface area contributed by atoms with E-state index in [0.29, 0.717) is 5.56 Å². The van der Waals surface area contributed by atoms with Gasteiger partial charge in [-0.15, -0.1) is 0 Å². The van der Waals surface area contributed by atoms with Crippen LogP contribution < -0.4 is 0 Å². The lowest BCUT2D eigenvalue weighted by molar-refractivity contribution is -0.0472. The van der Waals surface area contributed by atoms with Gasteiger partial charge in [-0.3, -0.25) is 14.8 Å². The van der Waals surface area contributed by atoms with E-state index in [2.05, 4.69) is 10.1 Å². The normalized spacial score (nSPS) is 24.5. The molecule has 1 atom stereocenters. The molecule has 78 valence electrons. The van der Waals surface area contributed by atoms with Gasteiger partial charge in [-0.1, -0.05) is 0 Å². The van der Waals surface area contributed by atoms with E-state index in [1.165, 1.54) is 17.4 Å². The third kappa shape index (κ3) is 1.50. The van der Waals surface area contributed by atoms with Crippen molar-refractivity contribution < 1.29 is 9.90 Å². The molecule has 1 aliphatic rings. The van der Waals surface area contributed by atoms with Crippen LogP contribution >= 0.6 is 0 Å². The first-order valence-corrected chi connectivity index (χ1v) is 4.58. The van der Waals surface area contributed by atoms with Crippen molar-refractivity contribution in [1.82, 2.24) is 9.99 Å². The third-order valence-corrected chi connectivity index (χ3v) is 2.45. The van der Waals surface area contributed by atoms with Gasteiger partial charge in [-0.2, -0.15) is 5.10 Å². The number of ketones is 1. The van der Waals surface area contributed by atoms with Crippen molar-refractivity contribution in [3.63, 3.8) is 0 Å². The first-order valence-electron chi connectivity index (χ1n) is 4.58. The molecule has 0 spiro atoms. The summed E-state index contributed by atoms with van der Waals surface area (Å²) in [4.78, 5) is 15.8. The van der Waals surface area contributed by atoms with E-state index in [4.69, 9.17) is 0 Å². The summed E-state index contributed by atoms with van der Waals surface area (Å²) >= 11 is 0. The lowest BCUT2D eigenvalue weighted by atomic mass is 10.00. The molecule has 0 saturated heterocycles. The minimum absolute atomic E-state index is 0.206. The largest absolute Gasteiger partial charge is 0.363 e. The van der Waals surface area contributed by atoms with Gasteiger partial charge in [0.15, 0.2) is 0 Å². The molecular formula is C10H11N3O2. The first kappa shape index (κ1) is 9.79. The Hall–Kier alpha value is -1.75. The second kappa shape index (κ2) is 3.43. The lowest BCUT2D eigenvalue weighted by Gasteiger charge is -2.27. The maximum Gasteiger partial charge on any atom is 0.222 e. The van der Waals surface area contributed by atoms with E-state index in [-0.39, 0.29) is 12.2 Å². The monoisotopic (exact) mass is 205 g/mol. The molecule has 15 heavy (non-hydrogen) atoms. The van der Waals surface area contributed by atoms with Crippen LogP contribution in [-0.4, -0.2) is 39.9 Å². The number of carbonyl (C=O) groups is 1. The molecule has 0 aromatic carbocycles. The number of aliphatic hydroxyl groups is 1. The van der Waals surface area contributed by atoms with Crippen LogP contribution in [0.1, 0.15) is 16.8 Å². The van der Waals surface area contributed by atoms with Crippen molar-refractivity contribution in [1.29, 1.82) is 0 Å². The standard InChI is InChI=1S/C10H11N3O2/c1-13-10(15,4-6-12-13)9(14)8-3-2-5-11-7-8/h2-3,5-7,15H,4H2,1H3. The molecule has 1 unspecified atom stereocenters. The highest BCUT2D eigenvalue weighted by atomic mass is 16.3. The summed E-state index contributed by atoms with van der Waals surface area (Å²) in [5, 5.41) is 15.2. The van der Waals surface area contributed by atoms with Gasteiger partial charge >= 0.3 is 0 Å². The molecule has 2 rings (SSSR count). The molecule has 0 amide bonds. The van der Waals surface area contributed by atoms with Crippen LogP contribution in [0.2, 0.25) is 0 Å². The van der Waals surface area contributed by atoms with E-state index in [1.54, 1.807) is 25.4 Å². The molecule has 1 aliphatic heterocycles. The topological polar surface area (TPSA) is 65.8 Å². The fourth-order valence-corrected chi connectivity index (χ4v) is 1.49. The zero-order valence-corrected chi connectivity index (χ0v) is 8.29. The molecule has 1 aromatic rings. The summed E-state index contributed by atoms with van der Waals surface area (Å²) in [6.45, 7) is 0. The minimum Gasteiger partial charge on any atom is -0.363 e. The minimum atomic E-state index is -1.55. The summed E-state index contributed by atoms with van der Waals surface area (Å²) in [7, 11) is 1.57. The van der Waals surface area contributed by atoms with Crippen LogP contribution in [0, 0.1) is 0 Å². The zero-order valence-electron chi connectivity index (χ0n) is 8.29. The van der Waals surface area contributed by atoms with Gasteiger partial charge in [0.1, 0.15) is 0 Å². The highest BCUT2D eigenvalue weighted by molar-refractivity contribution is 6.03. The van der Waals surface area contributed by atoms with Crippen molar-refractivity contribution in [3.05, 3.63) is 30.1 Å². The number of hydrogen-bond acceptors (Lipinski definition) is 5. The summed E-state index contributed by atoms with van der Waals surface area (Å²) in [6.07, 6.45) is 4.74. The molecule has 5 heteroatoms. The van der Waals surface area contributed by atoms with E-state index >= 15 is 0 Å². The van der Waals surface area contributed by atoms with E-state index in [0.717, 1.165) is 0 Å². The van der Waals surface area contributed by atoms with Gasteiger partial charge in [-0.25, -0.2) is 0 Å². The molecule has 5 nitrogen and oxygen atoms in total. The highest BCUT2D eigenvalue weighted by Crippen LogP contribution is 2.24. The van der Waals surface area contributed by atoms with Crippen molar-refractivity contribution >= 4 is 12.0 Å². The SMILES string of the molecule is CN1N=CCC1(O)C(=O)c1cccnc1. The predicted octanol–water partition coefficient (Wildman–Crippen LogP) is 0.274. The smallest absolute Gasteiger partial charge is 0.222 e. The number of pyridine rings is 1. The van der Waals surface area contributed by atoms with Crippen LogP contribution in [-0.2, 0) is 0 Å². The predicted molar refractivity (Wildman–Crippen MR) is 54.4 cm³/mol. The van der Waals surface area contributed by atoms with Gasteiger partial charge in [0, 0.05) is 37.6 Å². The summed E-state index contributed by atoms with van der Waals surface area (Å²) in [5.74, 6) is -0.379. The average molecular weight is 205 g/mol. The number of carbonyl (C=O) groups excluding carboxylic acids is 1. The average Bonchev–Trinajstić information content (AvgIpc) is 2.61. The molecule has 0 saturated carbocycles. The van der Waals surface area contributed by atoms with Crippen LogP contribution in [0.25, 0.3) is 0 Å². The Labute approximate surface area is 87.1 Å². The fourth-order valence-electron chi connectivity index (χ4n) is 1.49. The highest BCUT2D eigenvalue weighted by Gasteiger charge is 2.42. The van der Waals surface area contributed by atoms with Crippen molar-refractivity contribution in [3.8, 4) is 0 Å². The number of aromatic nitrogens is 1. The first-order chi connectivity index (χ1) is 7.14. The van der Waals surface area contributed by atoms with Gasteiger partial charge in [-0.05, 0) is 12.1 Å². The summed E-state index contributed by atoms with van der Waals surface area (Å²) in [6, 6.07) is 3.28. The van der Waals surface area contributed by atoms with Gasteiger partial charge < -0.3 is 5.11 Å². The number of hydrogen-bond donors (Lipinski definition) is 1. The van der Waals surface area contributed by atoms with Crippen molar-refractivity contribution in [2.75, 3.05) is 7.05 Å². The number of rotatable bonds is 2. The Morgan fingerprint density at radius 1 is 1.67 bits per heavy atom. The molecule has 1 N–H and O–H groups in total.